The van der Waals surface area contributed by atoms with Crippen LogP contribution in [0.5, 0.6) is 0 Å². The van der Waals surface area contributed by atoms with Crippen LogP contribution in [-0.2, 0) is 9.53 Å². The molecule has 1 saturated heterocycles. The van der Waals surface area contributed by atoms with Crippen LogP contribution in [0.1, 0.15) is 6.92 Å². The molecule has 0 aromatic rings. The summed E-state index contributed by atoms with van der Waals surface area (Å²) in [5.41, 5.74) is 0. The number of nitrogens with one attached hydrogen (secondary N) is 1. The molecule has 2 rings (SSSR count). The van der Waals surface area contributed by atoms with Crippen LogP contribution in [0.4, 0.5) is 0 Å². The third-order valence-electron chi connectivity index (χ3n) is 2.75. The Balaban J connectivity index is 1.71. The van der Waals surface area contributed by atoms with E-state index in [4.69, 9.17) is 4.74 Å². The van der Waals surface area contributed by atoms with Crippen molar-refractivity contribution in [2.24, 2.45) is 17.8 Å². The highest BCUT2D eigenvalue weighted by Crippen LogP contribution is 2.48. The predicted molar refractivity (Wildman–Crippen MR) is 40.0 cm³/mol. The lowest BCUT2D eigenvalue weighted by molar-refractivity contribution is -0.141. The van der Waals surface area contributed by atoms with Crippen LogP contribution in [0, 0.1) is 17.8 Å². The molecule has 2 atom stereocenters. The molecule has 0 radical (unpaired) electrons. The molecule has 3 nitrogen and oxygen atoms in total. The number of carbonyl (C=O) groups is 1. The average Bonchev–Trinajstić information content (AvgIpc) is 2.44. The maximum absolute atomic E-state index is 10.5. The van der Waals surface area contributed by atoms with Crippen molar-refractivity contribution >= 4 is 5.97 Å². The summed E-state index contributed by atoms with van der Waals surface area (Å²) in [5.74, 6) is 2.12. The summed E-state index contributed by atoms with van der Waals surface area (Å²) < 4.78 is 4.94. The highest BCUT2D eigenvalue weighted by molar-refractivity contribution is 5.65. The van der Waals surface area contributed by atoms with Gasteiger partial charge in [-0.05, 0) is 24.9 Å². The predicted octanol–water partition coefficient (Wildman–Crippen LogP) is 0.0149. The number of piperidine rings is 1. The van der Waals surface area contributed by atoms with Gasteiger partial charge in [-0.15, -0.1) is 0 Å². The second-order valence-electron chi connectivity index (χ2n) is 3.45. The van der Waals surface area contributed by atoms with Crippen molar-refractivity contribution in [2.75, 3.05) is 19.7 Å². The van der Waals surface area contributed by atoms with Crippen molar-refractivity contribution < 1.29 is 9.53 Å². The molecular weight excluding hydrogens is 142 g/mol. The third-order valence-corrected chi connectivity index (χ3v) is 2.75. The molecule has 62 valence electrons. The van der Waals surface area contributed by atoms with Gasteiger partial charge >= 0.3 is 5.97 Å². The zero-order chi connectivity index (χ0) is 7.84. The molecule has 0 amide bonds. The molecule has 2 fully saturated rings. The Morgan fingerprint density at radius 3 is 2.73 bits per heavy atom. The van der Waals surface area contributed by atoms with Gasteiger partial charge in [0.15, 0.2) is 0 Å². The number of hydrogen-bond acceptors (Lipinski definition) is 3. The fraction of sp³-hybridized carbons (Fsp3) is 0.875. The highest BCUT2D eigenvalue weighted by atomic mass is 16.5. The quantitative estimate of drug-likeness (QED) is 0.571. The Morgan fingerprint density at radius 1 is 1.55 bits per heavy atom. The van der Waals surface area contributed by atoms with E-state index in [0.29, 0.717) is 12.5 Å². The van der Waals surface area contributed by atoms with Gasteiger partial charge in [-0.3, -0.25) is 4.79 Å². The van der Waals surface area contributed by atoms with Crippen LogP contribution < -0.4 is 5.32 Å². The van der Waals surface area contributed by atoms with Crippen LogP contribution >= 0.6 is 0 Å². The minimum atomic E-state index is -0.150. The van der Waals surface area contributed by atoms with E-state index in [2.05, 4.69) is 5.32 Å². The summed E-state index contributed by atoms with van der Waals surface area (Å²) >= 11 is 0. The van der Waals surface area contributed by atoms with Gasteiger partial charge in [0.2, 0.25) is 0 Å². The van der Waals surface area contributed by atoms with E-state index in [9.17, 15) is 4.79 Å². The smallest absolute Gasteiger partial charge is 0.302 e. The minimum absolute atomic E-state index is 0.150. The molecule has 11 heavy (non-hydrogen) atoms. The van der Waals surface area contributed by atoms with Gasteiger partial charge < -0.3 is 10.1 Å². The van der Waals surface area contributed by atoms with E-state index in [1.807, 2.05) is 0 Å². The maximum atomic E-state index is 10.5. The molecule has 0 bridgehead atoms. The van der Waals surface area contributed by atoms with Crippen molar-refractivity contribution in [2.45, 2.75) is 6.92 Å². The first-order valence-corrected chi connectivity index (χ1v) is 4.13. The Morgan fingerprint density at radius 2 is 2.18 bits per heavy atom. The number of ether oxygens (including phenoxy) is 1. The van der Waals surface area contributed by atoms with Crippen LogP contribution in [0.2, 0.25) is 0 Å². The van der Waals surface area contributed by atoms with Gasteiger partial charge in [0, 0.05) is 12.8 Å². The molecule has 1 heterocycles. The summed E-state index contributed by atoms with van der Waals surface area (Å²) in [7, 11) is 0. The van der Waals surface area contributed by atoms with Crippen molar-refractivity contribution in [1.82, 2.24) is 5.32 Å². The SMILES string of the molecule is CC(=O)OCC1C2CNCC21. The number of rotatable bonds is 2. The van der Waals surface area contributed by atoms with Crippen molar-refractivity contribution in [3.05, 3.63) is 0 Å². The van der Waals surface area contributed by atoms with Crippen LogP contribution in [0.15, 0.2) is 0 Å². The van der Waals surface area contributed by atoms with Gasteiger partial charge in [-0.25, -0.2) is 0 Å². The normalized spacial score (nSPS) is 39.9. The van der Waals surface area contributed by atoms with Gasteiger partial charge in [0.05, 0.1) is 6.61 Å². The van der Waals surface area contributed by atoms with Crippen LogP contribution in [0.3, 0.4) is 0 Å². The summed E-state index contributed by atoms with van der Waals surface area (Å²) in [4.78, 5) is 10.5. The summed E-state index contributed by atoms with van der Waals surface area (Å²) in [6.45, 7) is 4.36. The number of carbonyl (C=O) groups excluding carboxylic acids is 1. The monoisotopic (exact) mass is 155 g/mol. The molecule has 0 aromatic heterocycles. The van der Waals surface area contributed by atoms with Crippen molar-refractivity contribution in [1.29, 1.82) is 0 Å². The zero-order valence-electron chi connectivity index (χ0n) is 6.67. The number of esters is 1. The fourth-order valence-corrected chi connectivity index (χ4v) is 2.01. The molecule has 2 unspecified atom stereocenters. The standard InChI is InChI=1S/C8H13NO2/c1-5(10)11-4-8-6-2-9-3-7(6)8/h6-9H,2-4H2,1H3. The first-order chi connectivity index (χ1) is 5.29. The van der Waals surface area contributed by atoms with E-state index in [0.717, 1.165) is 24.9 Å². The fourth-order valence-electron chi connectivity index (χ4n) is 2.01. The van der Waals surface area contributed by atoms with E-state index in [1.165, 1.54) is 6.92 Å². The Hall–Kier alpha value is -0.570. The zero-order valence-corrected chi connectivity index (χ0v) is 6.67. The highest BCUT2D eigenvalue weighted by Gasteiger charge is 2.53. The van der Waals surface area contributed by atoms with Crippen LogP contribution in [-0.4, -0.2) is 25.7 Å². The lowest BCUT2D eigenvalue weighted by atomic mass is 10.3. The molecule has 1 N–H and O–H groups in total. The molecule has 3 heteroatoms. The van der Waals surface area contributed by atoms with Gasteiger partial charge in [-0.1, -0.05) is 0 Å². The lowest BCUT2D eigenvalue weighted by Gasteiger charge is -2.03. The van der Waals surface area contributed by atoms with E-state index in [1.54, 1.807) is 0 Å². The Kier molecular flexibility index (Phi) is 1.60. The van der Waals surface area contributed by atoms with Crippen molar-refractivity contribution in [3.63, 3.8) is 0 Å². The average molecular weight is 155 g/mol. The van der Waals surface area contributed by atoms with Gasteiger partial charge in [0.25, 0.3) is 0 Å². The maximum Gasteiger partial charge on any atom is 0.302 e. The Bertz CT molecular complexity index is 171. The third kappa shape index (κ3) is 1.25. The van der Waals surface area contributed by atoms with E-state index < -0.39 is 0 Å². The molecule has 0 aromatic carbocycles. The first kappa shape index (κ1) is 7.10. The molecule has 1 saturated carbocycles. The second-order valence-corrected chi connectivity index (χ2v) is 3.45. The molecular formula is C8H13NO2. The Labute approximate surface area is 66.1 Å². The molecule has 1 aliphatic carbocycles. The van der Waals surface area contributed by atoms with Gasteiger partial charge in [0.1, 0.15) is 0 Å². The minimum Gasteiger partial charge on any atom is -0.466 e. The van der Waals surface area contributed by atoms with E-state index in [-0.39, 0.29) is 5.97 Å². The second kappa shape index (κ2) is 2.48. The molecule has 0 spiro atoms. The molecule has 1 aliphatic heterocycles. The van der Waals surface area contributed by atoms with Crippen molar-refractivity contribution in [3.8, 4) is 0 Å². The van der Waals surface area contributed by atoms with Crippen LogP contribution in [0.25, 0.3) is 0 Å². The number of hydrogen-bond donors (Lipinski definition) is 1. The number of fused-ring (bicyclic) bond motifs is 1. The summed E-state index contributed by atoms with van der Waals surface area (Å²) in [6.07, 6.45) is 0. The summed E-state index contributed by atoms with van der Waals surface area (Å²) in [5, 5.41) is 3.30. The first-order valence-electron chi connectivity index (χ1n) is 4.13. The topological polar surface area (TPSA) is 38.3 Å². The summed E-state index contributed by atoms with van der Waals surface area (Å²) in [6, 6.07) is 0. The molecule has 2 aliphatic rings. The van der Waals surface area contributed by atoms with E-state index >= 15 is 0 Å². The lowest BCUT2D eigenvalue weighted by Crippen LogP contribution is -2.17. The largest absolute Gasteiger partial charge is 0.466 e. The van der Waals surface area contributed by atoms with Gasteiger partial charge in [-0.2, -0.15) is 0 Å².